The Labute approximate surface area is 70.9 Å². The summed E-state index contributed by atoms with van der Waals surface area (Å²) in [6, 6.07) is 0. The maximum absolute atomic E-state index is 10.9. The van der Waals surface area contributed by atoms with Crippen molar-refractivity contribution in [1.82, 2.24) is 0 Å². The van der Waals surface area contributed by atoms with Gasteiger partial charge in [0.2, 0.25) is 5.88 Å². The van der Waals surface area contributed by atoms with Crippen molar-refractivity contribution in [2.24, 2.45) is 4.99 Å². The van der Waals surface area contributed by atoms with E-state index in [0.29, 0.717) is 0 Å². The maximum Gasteiger partial charge on any atom is 0.227 e. The highest BCUT2D eigenvalue weighted by atomic mass is 16.5. The van der Waals surface area contributed by atoms with E-state index in [1.165, 1.54) is 14.0 Å². The van der Waals surface area contributed by atoms with E-state index in [-0.39, 0.29) is 23.0 Å². The van der Waals surface area contributed by atoms with Gasteiger partial charge in [0.15, 0.2) is 5.78 Å². The molecule has 0 atom stereocenters. The second kappa shape index (κ2) is 4.33. The van der Waals surface area contributed by atoms with Crippen LogP contribution in [0.5, 0.6) is 0 Å². The largest absolute Gasteiger partial charge is 0.508 e. The van der Waals surface area contributed by atoms with Gasteiger partial charge in [0, 0.05) is 0 Å². The lowest BCUT2D eigenvalue weighted by Crippen LogP contribution is -2.04. The van der Waals surface area contributed by atoms with Crippen molar-refractivity contribution >= 4 is 12.5 Å². The second-order valence-electron chi connectivity index (χ2n) is 2.05. The van der Waals surface area contributed by atoms with E-state index in [9.17, 15) is 4.79 Å². The van der Waals surface area contributed by atoms with Crippen molar-refractivity contribution in [3.8, 4) is 0 Å². The molecule has 0 aromatic rings. The number of hydrogen-bond acceptors (Lipinski definition) is 4. The highest BCUT2D eigenvalue weighted by Gasteiger charge is 2.14. The molecule has 0 radical (unpaired) electrons. The van der Waals surface area contributed by atoms with Gasteiger partial charge in [-0.1, -0.05) is 6.58 Å². The van der Waals surface area contributed by atoms with Crippen LogP contribution in [0.25, 0.3) is 0 Å². The number of carbonyl (C=O) groups excluding carboxylic acids is 1. The third kappa shape index (κ3) is 2.23. The molecule has 0 aliphatic carbocycles. The minimum absolute atomic E-state index is 0.0185. The summed E-state index contributed by atoms with van der Waals surface area (Å²) in [5.41, 5.74) is -0.0486. The van der Waals surface area contributed by atoms with Gasteiger partial charge in [0.05, 0.1) is 7.11 Å². The molecule has 0 rings (SSSR count). The lowest BCUT2D eigenvalue weighted by atomic mass is 10.1. The molecule has 0 amide bonds. The summed E-state index contributed by atoms with van der Waals surface area (Å²) in [5.74, 6) is -0.756. The molecule has 0 aromatic carbocycles. The van der Waals surface area contributed by atoms with Gasteiger partial charge in [0.25, 0.3) is 0 Å². The molecule has 12 heavy (non-hydrogen) atoms. The average Bonchev–Trinajstić information content (AvgIpc) is 1.98. The van der Waals surface area contributed by atoms with Crippen LogP contribution in [0.3, 0.4) is 0 Å². The van der Waals surface area contributed by atoms with Gasteiger partial charge in [-0.25, -0.2) is 4.99 Å². The Hall–Kier alpha value is -1.58. The molecule has 0 unspecified atom stereocenters. The number of methoxy groups -OCH3 is 1. The van der Waals surface area contributed by atoms with Gasteiger partial charge in [-0.2, -0.15) is 0 Å². The first kappa shape index (κ1) is 10.4. The third-order valence-electron chi connectivity index (χ3n) is 1.19. The molecular weight excluding hydrogens is 158 g/mol. The number of Topliss-reactive ketones (excluding diaryl/α,β-unsaturated/α-hetero) is 1. The number of ether oxygens (including phenoxy) is 1. The first-order chi connectivity index (χ1) is 5.54. The third-order valence-corrected chi connectivity index (χ3v) is 1.19. The fourth-order valence-electron chi connectivity index (χ4n) is 0.723. The van der Waals surface area contributed by atoms with E-state index in [4.69, 9.17) is 9.84 Å². The smallest absolute Gasteiger partial charge is 0.227 e. The zero-order valence-electron chi connectivity index (χ0n) is 7.13. The van der Waals surface area contributed by atoms with Crippen LogP contribution in [-0.4, -0.2) is 24.7 Å². The van der Waals surface area contributed by atoms with Crippen LogP contribution in [0.4, 0.5) is 0 Å². The number of aliphatic imine (C=N–C) groups is 1. The van der Waals surface area contributed by atoms with Crippen LogP contribution in [0, 0.1) is 0 Å². The van der Waals surface area contributed by atoms with E-state index >= 15 is 0 Å². The number of allylic oxidation sites excluding steroid dienone is 1. The molecule has 0 saturated carbocycles. The highest BCUT2D eigenvalue weighted by molar-refractivity contribution is 5.97. The molecule has 0 aromatic heterocycles. The molecule has 0 saturated heterocycles. The highest BCUT2D eigenvalue weighted by Crippen LogP contribution is 2.13. The monoisotopic (exact) mass is 169 g/mol. The lowest BCUT2D eigenvalue weighted by Gasteiger charge is -2.05. The normalized spacial score (nSPS) is 11.5. The van der Waals surface area contributed by atoms with Crippen LogP contribution >= 0.6 is 0 Å². The summed E-state index contributed by atoms with van der Waals surface area (Å²) >= 11 is 0. The minimum Gasteiger partial charge on any atom is -0.508 e. The van der Waals surface area contributed by atoms with Crippen LogP contribution in [0.1, 0.15) is 6.92 Å². The van der Waals surface area contributed by atoms with Gasteiger partial charge in [-0.15, -0.1) is 0 Å². The fourth-order valence-corrected chi connectivity index (χ4v) is 0.723. The number of ketones is 1. The topological polar surface area (TPSA) is 58.9 Å². The van der Waals surface area contributed by atoms with Crippen molar-refractivity contribution in [3.63, 3.8) is 0 Å². The van der Waals surface area contributed by atoms with Crippen molar-refractivity contribution in [2.45, 2.75) is 6.92 Å². The second-order valence-corrected chi connectivity index (χ2v) is 2.05. The predicted octanol–water partition coefficient (Wildman–Crippen LogP) is 1.21. The molecular formula is C8H11NO3. The predicted molar refractivity (Wildman–Crippen MR) is 46.0 cm³/mol. The zero-order chi connectivity index (χ0) is 9.72. The summed E-state index contributed by atoms with van der Waals surface area (Å²) in [5, 5.41) is 8.97. The molecule has 4 nitrogen and oxygen atoms in total. The van der Waals surface area contributed by atoms with Gasteiger partial charge < -0.3 is 9.84 Å². The number of rotatable bonds is 4. The molecule has 1 N–H and O–H groups in total. The van der Waals surface area contributed by atoms with E-state index in [1.807, 2.05) is 0 Å². The van der Waals surface area contributed by atoms with E-state index in [2.05, 4.69) is 18.3 Å². The van der Waals surface area contributed by atoms with Crippen LogP contribution in [0.2, 0.25) is 0 Å². The Morgan fingerprint density at radius 1 is 1.58 bits per heavy atom. The maximum atomic E-state index is 10.9. The first-order valence-electron chi connectivity index (χ1n) is 3.18. The summed E-state index contributed by atoms with van der Waals surface area (Å²) in [6.07, 6.45) is 0. The Morgan fingerprint density at radius 3 is 2.17 bits per heavy atom. The summed E-state index contributed by atoms with van der Waals surface area (Å²) in [7, 11) is 1.33. The van der Waals surface area contributed by atoms with Crippen LogP contribution in [0.15, 0.2) is 28.8 Å². The van der Waals surface area contributed by atoms with E-state index in [1.54, 1.807) is 0 Å². The molecule has 0 bridgehead atoms. The Balaban J connectivity index is 5.17. The zero-order valence-corrected chi connectivity index (χ0v) is 7.13. The lowest BCUT2D eigenvalue weighted by molar-refractivity contribution is -0.113. The summed E-state index contributed by atoms with van der Waals surface area (Å²) in [6.45, 7) is 7.66. The van der Waals surface area contributed by atoms with Gasteiger partial charge in [-0.05, 0) is 13.6 Å². The van der Waals surface area contributed by atoms with Crippen LogP contribution in [-0.2, 0) is 9.53 Å². The molecule has 66 valence electrons. The standard InChI is InChI=1S/C8H11NO3/c1-5(10)7(6(2)11)8(9-3)12-4/h10H,1,3H2,2,4H3/b8-7-. The van der Waals surface area contributed by atoms with E-state index in [0.717, 1.165) is 0 Å². The van der Waals surface area contributed by atoms with Crippen molar-refractivity contribution in [1.29, 1.82) is 0 Å². The number of carbonyl (C=O) groups is 1. The molecule has 0 fully saturated rings. The fraction of sp³-hybridized carbons (Fsp3) is 0.250. The number of nitrogens with zero attached hydrogens (tertiary/aromatic N) is 1. The minimum atomic E-state index is -0.369. The van der Waals surface area contributed by atoms with Crippen molar-refractivity contribution in [2.75, 3.05) is 7.11 Å². The van der Waals surface area contributed by atoms with Gasteiger partial charge in [0.1, 0.15) is 11.3 Å². The Kier molecular flexibility index (Phi) is 3.76. The molecule has 0 spiro atoms. The number of hydrogen-bond donors (Lipinski definition) is 1. The summed E-state index contributed by atoms with van der Waals surface area (Å²) in [4.78, 5) is 14.3. The Bertz CT molecular complexity index is 237. The summed E-state index contributed by atoms with van der Waals surface area (Å²) < 4.78 is 4.69. The average molecular weight is 169 g/mol. The molecule has 4 heteroatoms. The number of aliphatic hydroxyl groups excluding tert-OH is 1. The van der Waals surface area contributed by atoms with E-state index < -0.39 is 0 Å². The molecule has 0 aliphatic heterocycles. The van der Waals surface area contributed by atoms with Gasteiger partial charge >= 0.3 is 0 Å². The number of aliphatic hydroxyl groups is 1. The Morgan fingerprint density at radius 2 is 2.08 bits per heavy atom. The van der Waals surface area contributed by atoms with Crippen molar-refractivity contribution < 1.29 is 14.6 Å². The van der Waals surface area contributed by atoms with Crippen LogP contribution < -0.4 is 0 Å². The SMILES string of the molecule is C=N/C(OC)=C(\C(=C)O)C(C)=O. The van der Waals surface area contributed by atoms with Crippen molar-refractivity contribution in [3.05, 3.63) is 23.8 Å². The molecule has 0 heterocycles. The molecule has 0 aliphatic rings. The van der Waals surface area contributed by atoms with Gasteiger partial charge in [-0.3, -0.25) is 4.79 Å². The quantitative estimate of drug-likeness (QED) is 0.298. The first-order valence-corrected chi connectivity index (χ1v) is 3.18.